The third kappa shape index (κ3) is 6.36. The van der Waals surface area contributed by atoms with Crippen LogP contribution in [0.15, 0.2) is 109 Å². The highest BCUT2D eigenvalue weighted by Gasteiger charge is 2.44. The minimum Gasteiger partial charge on any atom is -0.490 e. The second-order valence-corrected chi connectivity index (χ2v) is 12.1. The molecule has 0 saturated carbocycles. The number of imide groups is 2. The first-order chi connectivity index (χ1) is 23.2. The zero-order valence-electron chi connectivity index (χ0n) is 25.9. The van der Waals surface area contributed by atoms with Gasteiger partial charge in [-0.1, -0.05) is 48.5 Å². The van der Waals surface area contributed by atoms with Gasteiger partial charge in [-0.2, -0.15) is 0 Å². The van der Waals surface area contributed by atoms with Crippen LogP contribution in [0.25, 0.3) is 16.8 Å². The predicted octanol–water partition coefficient (Wildman–Crippen LogP) is 8.22. The zero-order valence-corrected chi connectivity index (χ0v) is 28.0. The van der Waals surface area contributed by atoms with Gasteiger partial charge < -0.3 is 9.47 Å². The average Bonchev–Trinajstić information content (AvgIpc) is 3.07. The van der Waals surface area contributed by atoms with Crippen molar-refractivity contribution in [2.24, 2.45) is 0 Å². The Morgan fingerprint density at radius 1 is 0.833 bits per heavy atom. The number of urea groups is 1. The lowest BCUT2D eigenvalue weighted by Gasteiger charge is -2.34. The summed E-state index contributed by atoms with van der Waals surface area (Å²) in [6, 6.07) is 28.4. The van der Waals surface area contributed by atoms with Crippen molar-refractivity contribution in [3.05, 3.63) is 139 Å². The summed E-state index contributed by atoms with van der Waals surface area (Å²) in [5.41, 5.74) is 2.52. The number of nitro benzene ring substituents is 1. The lowest BCUT2D eigenvalue weighted by Crippen LogP contribution is -2.57. The van der Waals surface area contributed by atoms with E-state index in [-0.39, 0.29) is 17.9 Å². The minimum absolute atomic E-state index is 0.0192. The number of nitro groups is 1. The molecule has 0 aromatic heterocycles. The first-order valence-corrected chi connectivity index (χ1v) is 16.1. The summed E-state index contributed by atoms with van der Waals surface area (Å²) in [7, 11) is 0. The van der Waals surface area contributed by atoms with E-state index in [0.29, 0.717) is 44.0 Å². The molecule has 4 amide bonds. The molecule has 5 aromatic rings. The number of hydrogen-bond donors (Lipinski definition) is 0. The van der Waals surface area contributed by atoms with E-state index in [1.165, 1.54) is 18.2 Å². The second-order valence-electron chi connectivity index (χ2n) is 10.9. The topological polar surface area (TPSA) is 119 Å². The smallest absolute Gasteiger partial charge is 0.343 e. The molecule has 1 aliphatic rings. The fourth-order valence-corrected chi connectivity index (χ4v) is 6.23. The number of nitrogens with zero attached hydrogens (tertiary/aromatic N) is 3. The minimum atomic E-state index is -0.774. The van der Waals surface area contributed by atoms with Crippen LogP contribution in [0.1, 0.15) is 23.6 Å². The number of non-ortho nitro benzene ring substituents is 1. The number of carbonyl (C=O) groups is 3. The lowest BCUT2D eigenvalue weighted by atomic mass is 10.0. The maximum absolute atomic E-state index is 14.2. The van der Waals surface area contributed by atoms with E-state index in [1.54, 1.807) is 54.6 Å². The number of anilines is 2. The lowest BCUT2D eigenvalue weighted by molar-refractivity contribution is -0.384. The van der Waals surface area contributed by atoms with E-state index in [1.807, 2.05) is 50.2 Å². The number of ether oxygens (including phenoxy) is 2. The van der Waals surface area contributed by atoms with Crippen molar-refractivity contribution in [3.63, 3.8) is 0 Å². The first-order valence-electron chi connectivity index (χ1n) is 15.0. The Kier molecular flexibility index (Phi) is 9.21. The summed E-state index contributed by atoms with van der Waals surface area (Å²) in [5.74, 6) is -0.685. The molecule has 10 nitrogen and oxygen atoms in total. The molecule has 0 unspecified atom stereocenters. The molecule has 0 spiro atoms. The van der Waals surface area contributed by atoms with Crippen LogP contribution in [0.2, 0.25) is 0 Å². The number of benzene rings is 5. The quantitative estimate of drug-likeness (QED) is 0.0489. The Labute approximate surface area is 289 Å². The molecule has 6 rings (SSSR count). The second kappa shape index (κ2) is 13.7. The molecular weight excluding hydrogens is 725 g/mol. The van der Waals surface area contributed by atoms with Crippen LogP contribution >= 0.6 is 22.6 Å². The first kappa shape index (κ1) is 32.4. The van der Waals surface area contributed by atoms with E-state index in [9.17, 15) is 24.5 Å². The summed E-state index contributed by atoms with van der Waals surface area (Å²) in [6.45, 7) is 4.11. The van der Waals surface area contributed by atoms with Crippen molar-refractivity contribution < 1.29 is 28.8 Å². The van der Waals surface area contributed by atoms with E-state index in [2.05, 4.69) is 22.6 Å². The third-order valence-electron chi connectivity index (χ3n) is 7.69. The maximum atomic E-state index is 14.2. The van der Waals surface area contributed by atoms with Gasteiger partial charge in [-0.15, -0.1) is 0 Å². The molecule has 0 bridgehead atoms. The van der Waals surface area contributed by atoms with Gasteiger partial charge in [0.1, 0.15) is 12.2 Å². The molecule has 11 heteroatoms. The number of amides is 4. The summed E-state index contributed by atoms with van der Waals surface area (Å²) in [6.07, 6.45) is 1.46. The number of halogens is 1. The zero-order chi connectivity index (χ0) is 33.9. The number of aryl methyl sites for hydroxylation is 1. The van der Waals surface area contributed by atoms with Gasteiger partial charge in [-0.05, 0) is 107 Å². The van der Waals surface area contributed by atoms with Gasteiger partial charge in [-0.3, -0.25) is 19.7 Å². The molecule has 1 aliphatic heterocycles. The standard InChI is InChI=1S/C37H28IN3O7/c1-3-47-33-21-25(20-31(38)34(33)48-22-24-14-16-27(17-15-24)41(45)46)19-30-35(42)39(28-11-6-8-23(2)18-28)37(44)40(36(30)43)32-13-7-10-26-9-4-5-12-29(26)32/h4-21H,3,22H2,1-2H3/b30-19+. The Balaban J connectivity index is 1.42. The molecule has 1 heterocycles. The summed E-state index contributed by atoms with van der Waals surface area (Å²) in [4.78, 5) is 55.0. The predicted molar refractivity (Wildman–Crippen MR) is 191 cm³/mol. The number of hydrogen-bond acceptors (Lipinski definition) is 7. The molecule has 0 atom stereocenters. The highest BCUT2D eigenvalue weighted by molar-refractivity contribution is 14.1. The molecular formula is C37H28IN3O7. The molecule has 48 heavy (non-hydrogen) atoms. The Hall–Kier alpha value is -5.56. The van der Waals surface area contributed by atoms with Crippen LogP contribution in [0.3, 0.4) is 0 Å². The molecule has 1 saturated heterocycles. The average molecular weight is 754 g/mol. The van der Waals surface area contributed by atoms with Crippen LogP contribution in [0.4, 0.5) is 21.9 Å². The van der Waals surface area contributed by atoms with Gasteiger partial charge >= 0.3 is 6.03 Å². The van der Waals surface area contributed by atoms with Crippen molar-refractivity contribution in [1.82, 2.24) is 0 Å². The van der Waals surface area contributed by atoms with Crippen molar-refractivity contribution in [2.45, 2.75) is 20.5 Å². The van der Waals surface area contributed by atoms with Crippen LogP contribution in [0.5, 0.6) is 11.5 Å². The number of carbonyl (C=O) groups excluding carboxylic acids is 3. The van der Waals surface area contributed by atoms with Gasteiger partial charge in [0, 0.05) is 17.5 Å². The SMILES string of the molecule is CCOc1cc(/C=C2\C(=O)N(c3cccc(C)c3)C(=O)N(c3cccc4ccccc34)C2=O)cc(I)c1OCc1ccc([N+](=O)[O-])cc1. The van der Waals surface area contributed by atoms with E-state index in [4.69, 9.17) is 9.47 Å². The van der Waals surface area contributed by atoms with E-state index >= 15 is 0 Å². The van der Waals surface area contributed by atoms with Crippen LogP contribution in [0, 0.1) is 20.6 Å². The number of rotatable bonds is 9. The maximum Gasteiger partial charge on any atom is 0.343 e. The monoisotopic (exact) mass is 753 g/mol. The molecule has 0 radical (unpaired) electrons. The van der Waals surface area contributed by atoms with Crippen molar-refractivity contribution >= 4 is 74.3 Å². The van der Waals surface area contributed by atoms with Gasteiger partial charge in [0.15, 0.2) is 11.5 Å². The summed E-state index contributed by atoms with van der Waals surface area (Å²) < 4.78 is 12.6. The molecule has 5 aromatic carbocycles. The summed E-state index contributed by atoms with van der Waals surface area (Å²) >= 11 is 2.09. The fourth-order valence-electron chi connectivity index (χ4n) is 5.45. The van der Waals surface area contributed by atoms with E-state index in [0.717, 1.165) is 26.3 Å². The summed E-state index contributed by atoms with van der Waals surface area (Å²) in [5, 5.41) is 12.5. The largest absolute Gasteiger partial charge is 0.490 e. The molecule has 0 N–H and O–H groups in total. The van der Waals surface area contributed by atoms with Crippen molar-refractivity contribution in [3.8, 4) is 11.5 Å². The van der Waals surface area contributed by atoms with Gasteiger partial charge in [0.05, 0.1) is 26.5 Å². The Morgan fingerprint density at radius 3 is 2.27 bits per heavy atom. The number of fused-ring (bicyclic) bond motifs is 1. The van der Waals surface area contributed by atoms with Crippen molar-refractivity contribution in [2.75, 3.05) is 16.4 Å². The third-order valence-corrected chi connectivity index (χ3v) is 8.49. The molecule has 1 fully saturated rings. The van der Waals surface area contributed by atoms with Crippen LogP contribution in [-0.4, -0.2) is 29.4 Å². The fraction of sp³-hybridized carbons (Fsp3) is 0.108. The van der Waals surface area contributed by atoms with Crippen molar-refractivity contribution in [1.29, 1.82) is 0 Å². The number of barbiturate groups is 1. The van der Waals surface area contributed by atoms with Crippen LogP contribution in [-0.2, 0) is 16.2 Å². The van der Waals surface area contributed by atoms with Crippen LogP contribution < -0.4 is 19.3 Å². The van der Waals surface area contributed by atoms with Gasteiger partial charge in [0.25, 0.3) is 17.5 Å². The Morgan fingerprint density at radius 2 is 1.54 bits per heavy atom. The normalized spacial score (nSPS) is 14.1. The molecule has 0 aliphatic carbocycles. The van der Waals surface area contributed by atoms with Gasteiger partial charge in [-0.25, -0.2) is 14.6 Å². The highest BCUT2D eigenvalue weighted by atomic mass is 127. The molecule has 240 valence electrons. The van der Waals surface area contributed by atoms with Gasteiger partial charge in [0.2, 0.25) is 0 Å². The van der Waals surface area contributed by atoms with E-state index < -0.39 is 22.8 Å². The Bertz CT molecular complexity index is 2120. The highest BCUT2D eigenvalue weighted by Crippen LogP contribution is 2.38.